The van der Waals surface area contributed by atoms with Crippen LogP contribution in [0.4, 0.5) is 10.1 Å². The monoisotopic (exact) mass is 643 g/mol. The lowest BCUT2D eigenvalue weighted by atomic mass is 10.0. The van der Waals surface area contributed by atoms with Gasteiger partial charge in [0.2, 0.25) is 0 Å². The van der Waals surface area contributed by atoms with Crippen molar-refractivity contribution in [2.45, 2.75) is 31.7 Å². The fourth-order valence-electron chi connectivity index (χ4n) is 5.71. The maximum atomic E-state index is 13.9. The molecule has 0 amide bonds. The predicted octanol–water partition coefficient (Wildman–Crippen LogP) is 7.47. The summed E-state index contributed by atoms with van der Waals surface area (Å²) < 4.78 is 25.9. The zero-order chi connectivity index (χ0) is 33.3. The molecule has 5 aromatic carbocycles. The fourth-order valence-corrected chi connectivity index (χ4v) is 5.71. The van der Waals surface area contributed by atoms with Crippen LogP contribution in [0.3, 0.4) is 0 Å². The lowest BCUT2D eigenvalue weighted by Gasteiger charge is -2.33. The Morgan fingerprint density at radius 1 is 0.771 bits per heavy atom. The van der Waals surface area contributed by atoms with Crippen molar-refractivity contribution in [1.29, 1.82) is 0 Å². The number of nitrogens with zero attached hydrogens (tertiary/aromatic N) is 2. The normalized spacial score (nSPS) is 12.6. The highest BCUT2D eigenvalue weighted by molar-refractivity contribution is 5.85. The summed E-state index contributed by atoms with van der Waals surface area (Å²) in [5, 5.41) is 22.6. The highest BCUT2D eigenvalue weighted by Gasteiger charge is 2.23. The first-order valence-corrected chi connectivity index (χ1v) is 15.9. The van der Waals surface area contributed by atoms with Crippen LogP contribution in [0.15, 0.2) is 134 Å². The molecule has 6 rings (SSSR count). The number of rotatable bonds is 14. The Labute approximate surface area is 279 Å². The third-order valence-corrected chi connectivity index (χ3v) is 8.30. The van der Waals surface area contributed by atoms with E-state index in [1.807, 2.05) is 91.0 Å². The van der Waals surface area contributed by atoms with Crippen molar-refractivity contribution in [2.24, 2.45) is 0 Å². The Bertz CT molecular complexity index is 1920. The largest absolute Gasteiger partial charge is 0.487 e. The molecule has 0 radical (unpaired) electrons. The van der Waals surface area contributed by atoms with Crippen molar-refractivity contribution < 1.29 is 24.1 Å². The second-order valence-corrected chi connectivity index (χ2v) is 11.8. The molecule has 0 fully saturated rings. The fraction of sp³-hybridized carbons (Fsp3) is 0.175. The van der Waals surface area contributed by atoms with Crippen molar-refractivity contribution >= 4 is 16.6 Å². The lowest BCUT2D eigenvalue weighted by molar-refractivity contribution is 0.0566. The summed E-state index contributed by atoms with van der Waals surface area (Å²) in [4.78, 5) is 6.38. The van der Waals surface area contributed by atoms with E-state index >= 15 is 0 Å². The van der Waals surface area contributed by atoms with E-state index in [0.717, 1.165) is 16.7 Å². The second-order valence-electron chi connectivity index (χ2n) is 11.8. The number of ether oxygens (including phenoxy) is 2. The third-order valence-electron chi connectivity index (χ3n) is 8.30. The van der Waals surface area contributed by atoms with Gasteiger partial charge in [-0.05, 0) is 77.2 Å². The van der Waals surface area contributed by atoms with E-state index in [-0.39, 0.29) is 25.0 Å². The smallest absolute Gasteiger partial charge is 0.142 e. The minimum absolute atomic E-state index is 0.110. The number of anilines is 1. The molecule has 2 atom stereocenters. The van der Waals surface area contributed by atoms with Crippen molar-refractivity contribution in [3.8, 4) is 17.2 Å². The van der Waals surface area contributed by atoms with Crippen molar-refractivity contribution in [2.75, 3.05) is 18.9 Å². The van der Waals surface area contributed by atoms with Gasteiger partial charge in [0.1, 0.15) is 29.7 Å². The van der Waals surface area contributed by atoms with Crippen LogP contribution in [0.1, 0.15) is 28.4 Å². The molecule has 0 aliphatic carbocycles. The zero-order valence-electron chi connectivity index (χ0n) is 26.5. The average Bonchev–Trinajstić information content (AvgIpc) is 3.11. The lowest BCUT2D eigenvalue weighted by Crippen LogP contribution is -2.41. The van der Waals surface area contributed by atoms with Crippen LogP contribution in [0.5, 0.6) is 17.2 Å². The minimum atomic E-state index is -0.857. The third kappa shape index (κ3) is 8.35. The van der Waals surface area contributed by atoms with E-state index in [1.54, 1.807) is 30.5 Å². The number of halogens is 1. The maximum Gasteiger partial charge on any atom is 0.142 e. The summed E-state index contributed by atoms with van der Waals surface area (Å²) in [7, 11) is 0. The van der Waals surface area contributed by atoms with Crippen LogP contribution in [-0.2, 0) is 19.6 Å². The minimum Gasteiger partial charge on any atom is -0.487 e. The Morgan fingerprint density at radius 2 is 1.50 bits per heavy atom. The molecule has 0 aliphatic rings. The standard InChI is InChI=1S/C40H38FN3O4/c41-32-14-17-37-35(23-32)39(19-20-43-37)48-34-15-11-28(12-16-34)21-33(26-45)44(24-29-7-3-1-4-8-29)25-38(46)31-13-18-40(36(42)22-31)47-27-30-9-5-2-6-10-30/h1-20,22-23,33,38,45-46H,21,24-27,42H2/t33-,38+/m0/s1. The molecule has 48 heavy (non-hydrogen) atoms. The van der Waals surface area contributed by atoms with E-state index in [1.165, 1.54) is 12.1 Å². The van der Waals surface area contributed by atoms with E-state index in [2.05, 4.69) is 9.88 Å². The van der Waals surface area contributed by atoms with E-state index in [0.29, 0.717) is 59.0 Å². The van der Waals surface area contributed by atoms with Gasteiger partial charge >= 0.3 is 0 Å². The molecule has 0 spiro atoms. The van der Waals surface area contributed by atoms with E-state index < -0.39 is 6.10 Å². The molecule has 244 valence electrons. The van der Waals surface area contributed by atoms with Crippen LogP contribution < -0.4 is 15.2 Å². The molecule has 4 N–H and O–H groups in total. The van der Waals surface area contributed by atoms with Gasteiger partial charge in [-0.25, -0.2) is 4.39 Å². The highest BCUT2D eigenvalue weighted by Crippen LogP contribution is 2.31. The molecular formula is C40H38FN3O4. The first-order chi connectivity index (χ1) is 23.4. The van der Waals surface area contributed by atoms with Gasteiger partial charge in [-0.1, -0.05) is 78.9 Å². The molecule has 8 heteroatoms. The Kier molecular flexibility index (Phi) is 10.6. The summed E-state index contributed by atoms with van der Waals surface area (Å²) in [6, 6.07) is 38.7. The Balaban J connectivity index is 1.15. The van der Waals surface area contributed by atoms with Gasteiger partial charge in [0, 0.05) is 30.7 Å². The summed E-state index contributed by atoms with van der Waals surface area (Å²) in [5.74, 6) is 1.31. The Morgan fingerprint density at radius 3 is 2.21 bits per heavy atom. The van der Waals surface area contributed by atoms with Crippen LogP contribution in [0, 0.1) is 5.82 Å². The number of nitrogens with two attached hydrogens (primary N) is 1. The van der Waals surface area contributed by atoms with Crippen LogP contribution >= 0.6 is 0 Å². The van der Waals surface area contributed by atoms with Gasteiger partial charge in [0.15, 0.2) is 0 Å². The number of fused-ring (bicyclic) bond motifs is 1. The molecular weight excluding hydrogens is 605 g/mol. The van der Waals surface area contributed by atoms with Gasteiger partial charge in [-0.2, -0.15) is 0 Å². The highest BCUT2D eigenvalue weighted by atomic mass is 19.1. The summed E-state index contributed by atoms with van der Waals surface area (Å²) >= 11 is 0. The topological polar surface area (TPSA) is 101 Å². The number of aromatic nitrogens is 1. The number of hydrogen-bond acceptors (Lipinski definition) is 7. The second kappa shape index (κ2) is 15.5. The summed E-state index contributed by atoms with van der Waals surface area (Å²) in [6.07, 6.45) is 1.31. The first-order valence-electron chi connectivity index (χ1n) is 15.9. The molecule has 1 heterocycles. The van der Waals surface area contributed by atoms with Crippen LogP contribution in [0.2, 0.25) is 0 Å². The molecule has 0 aliphatic heterocycles. The maximum absolute atomic E-state index is 13.9. The molecule has 7 nitrogen and oxygen atoms in total. The number of pyridine rings is 1. The van der Waals surface area contributed by atoms with Gasteiger partial charge in [0.25, 0.3) is 0 Å². The van der Waals surface area contributed by atoms with Gasteiger partial charge in [-0.15, -0.1) is 0 Å². The SMILES string of the molecule is Nc1cc([C@H](O)CN(Cc2ccccc2)[C@H](CO)Cc2ccc(Oc3ccnc4ccc(F)cc34)cc2)ccc1OCc1ccccc1. The molecule has 6 aromatic rings. The molecule has 0 unspecified atom stereocenters. The van der Waals surface area contributed by atoms with Crippen LogP contribution in [-0.4, -0.2) is 39.3 Å². The quantitative estimate of drug-likeness (QED) is 0.106. The number of hydrogen-bond donors (Lipinski definition) is 3. The number of aliphatic hydroxyl groups excluding tert-OH is 2. The first kappa shape index (κ1) is 32.7. The number of nitrogen functional groups attached to an aromatic ring is 1. The van der Waals surface area contributed by atoms with Crippen molar-refractivity contribution in [1.82, 2.24) is 9.88 Å². The van der Waals surface area contributed by atoms with Crippen LogP contribution in [0.25, 0.3) is 10.9 Å². The van der Waals surface area contributed by atoms with Gasteiger partial charge < -0.3 is 25.4 Å². The number of benzene rings is 5. The van der Waals surface area contributed by atoms with E-state index in [9.17, 15) is 14.6 Å². The summed E-state index contributed by atoms with van der Waals surface area (Å²) in [5.41, 5.74) is 11.2. The zero-order valence-corrected chi connectivity index (χ0v) is 26.5. The summed E-state index contributed by atoms with van der Waals surface area (Å²) in [6.45, 7) is 1.09. The average molecular weight is 644 g/mol. The van der Waals surface area contributed by atoms with E-state index in [4.69, 9.17) is 15.2 Å². The Hall–Kier alpha value is -5.28. The number of aliphatic hydroxyl groups is 2. The predicted molar refractivity (Wildman–Crippen MR) is 186 cm³/mol. The van der Waals surface area contributed by atoms with Crippen molar-refractivity contribution in [3.05, 3.63) is 162 Å². The molecule has 0 saturated heterocycles. The molecule has 1 aromatic heterocycles. The van der Waals surface area contributed by atoms with Crippen molar-refractivity contribution in [3.63, 3.8) is 0 Å². The van der Waals surface area contributed by atoms with Gasteiger partial charge in [0.05, 0.1) is 23.9 Å². The van der Waals surface area contributed by atoms with Gasteiger partial charge in [-0.3, -0.25) is 9.88 Å². The molecule has 0 bridgehead atoms. The molecule has 0 saturated carbocycles.